The van der Waals surface area contributed by atoms with E-state index < -0.39 is 0 Å². The molecule has 2 rings (SSSR count). The number of hydrogen-bond donors (Lipinski definition) is 2. The molecule has 0 heterocycles. The number of nitro benzene ring substituents is 1. The molecule has 1 aromatic rings. The lowest BCUT2D eigenvalue weighted by Gasteiger charge is -2.23. The molecule has 0 spiro atoms. The van der Waals surface area contributed by atoms with Crippen molar-refractivity contribution in [3.8, 4) is 0 Å². The van der Waals surface area contributed by atoms with Gasteiger partial charge in [-0.2, -0.15) is 5.10 Å². The summed E-state index contributed by atoms with van der Waals surface area (Å²) >= 11 is 5.25. The highest BCUT2D eigenvalue weighted by molar-refractivity contribution is 7.80. The van der Waals surface area contributed by atoms with Crippen LogP contribution in [0.5, 0.6) is 0 Å². The van der Waals surface area contributed by atoms with E-state index in [1.165, 1.54) is 25.3 Å². The molecule has 0 atom stereocenters. The van der Waals surface area contributed by atoms with Crippen LogP contribution in [0.3, 0.4) is 0 Å². The molecule has 0 radical (unpaired) electrons. The molecule has 1 aliphatic rings. The van der Waals surface area contributed by atoms with Crippen LogP contribution in [0.1, 0.15) is 50.2 Å². The van der Waals surface area contributed by atoms with E-state index in [1.54, 1.807) is 19.9 Å². The maximum absolute atomic E-state index is 11.0. The van der Waals surface area contributed by atoms with Crippen molar-refractivity contribution in [2.45, 2.75) is 52.0 Å². The van der Waals surface area contributed by atoms with E-state index in [0.717, 1.165) is 12.8 Å². The number of benzene rings is 1. The van der Waals surface area contributed by atoms with Crippen LogP contribution >= 0.6 is 12.2 Å². The summed E-state index contributed by atoms with van der Waals surface area (Å²) in [4.78, 5) is 10.6. The first-order valence-corrected chi connectivity index (χ1v) is 8.24. The largest absolute Gasteiger partial charge is 0.359 e. The van der Waals surface area contributed by atoms with Gasteiger partial charge < -0.3 is 5.32 Å². The highest BCUT2D eigenvalue weighted by Gasteiger charge is 2.14. The Morgan fingerprint density at radius 1 is 1.35 bits per heavy atom. The molecule has 0 bridgehead atoms. The molecule has 0 amide bonds. The van der Waals surface area contributed by atoms with Crippen LogP contribution < -0.4 is 10.7 Å². The van der Waals surface area contributed by atoms with Crippen LogP contribution in [-0.4, -0.2) is 21.8 Å². The van der Waals surface area contributed by atoms with Crippen LogP contribution in [0, 0.1) is 17.0 Å². The van der Waals surface area contributed by atoms with Crippen LogP contribution in [0.15, 0.2) is 23.3 Å². The topological polar surface area (TPSA) is 79.6 Å². The zero-order valence-electron chi connectivity index (χ0n) is 13.5. The van der Waals surface area contributed by atoms with Gasteiger partial charge in [-0.1, -0.05) is 31.4 Å². The first-order valence-electron chi connectivity index (χ1n) is 7.83. The Morgan fingerprint density at radius 2 is 2.04 bits per heavy atom. The van der Waals surface area contributed by atoms with Crippen molar-refractivity contribution >= 4 is 28.7 Å². The Balaban J connectivity index is 1.97. The van der Waals surface area contributed by atoms with Gasteiger partial charge >= 0.3 is 0 Å². The average molecular weight is 334 g/mol. The minimum Gasteiger partial charge on any atom is -0.359 e. The monoisotopic (exact) mass is 334 g/mol. The molecule has 0 saturated heterocycles. The summed E-state index contributed by atoms with van der Waals surface area (Å²) in [5, 5.41) is 19.0. The summed E-state index contributed by atoms with van der Waals surface area (Å²) in [7, 11) is 0. The van der Waals surface area contributed by atoms with Gasteiger partial charge in [-0.3, -0.25) is 15.5 Å². The predicted octanol–water partition coefficient (Wildman–Crippen LogP) is 3.42. The Labute approximate surface area is 141 Å². The number of nitrogens with zero attached hydrogens (tertiary/aromatic N) is 2. The standard InChI is InChI=1S/C16H22N4O2S/c1-11-8-9-13(10-15(11)20(21)22)12(2)18-19-16(23)17-14-6-4-3-5-7-14/h8-10,14H,3-7H2,1-2H3,(H2,17,19,23)/b18-12-. The van der Waals surface area contributed by atoms with Gasteiger partial charge in [0.15, 0.2) is 5.11 Å². The lowest BCUT2D eigenvalue weighted by molar-refractivity contribution is -0.385. The molecule has 124 valence electrons. The third-order valence-electron chi connectivity index (χ3n) is 4.09. The molecule has 1 aliphatic carbocycles. The van der Waals surface area contributed by atoms with Crippen molar-refractivity contribution in [3.05, 3.63) is 39.4 Å². The number of thiocarbonyl (C=S) groups is 1. The SMILES string of the molecule is C/C(=N/NC(=S)NC1CCCCC1)c1ccc(C)c([N+](=O)[O-])c1. The number of hydrogen-bond acceptors (Lipinski definition) is 4. The molecule has 7 heteroatoms. The van der Waals surface area contributed by atoms with Gasteiger partial charge in [0, 0.05) is 23.2 Å². The van der Waals surface area contributed by atoms with E-state index in [1.807, 2.05) is 6.07 Å². The third-order valence-corrected chi connectivity index (χ3v) is 4.30. The minimum absolute atomic E-state index is 0.0972. The molecule has 0 aliphatic heterocycles. The Morgan fingerprint density at radius 3 is 2.70 bits per heavy atom. The summed E-state index contributed by atoms with van der Waals surface area (Å²) in [5.41, 5.74) is 4.92. The van der Waals surface area contributed by atoms with E-state index in [0.29, 0.717) is 28.0 Å². The molecular formula is C16H22N4O2S. The van der Waals surface area contributed by atoms with Gasteiger partial charge in [0.1, 0.15) is 0 Å². The second-order valence-corrected chi connectivity index (χ2v) is 6.28. The van der Waals surface area contributed by atoms with Crippen LogP contribution in [-0.2, 0) is 0 Å². The first-order chi connectivity index (χ1) is 11.0. The summed E-state index contributed by atoms with van der Waals surface area (Å²) < 4.78 is 0. The predicted molar refractivity (Wildman–Crippen MR) is 95.8 cm³/mol. The zero-order chi connectivity index (χ0) is 16.8. The van der Waals surface area contributed by atoms with Gasteiger partial charge in [0.05, 0.1) is 10.6 Å². The van der Waals surface area contributed by atoms with Crippen molar-refractivity contribution in [2.75, 3.05) is 0 Å². The van der Waals surface area contributed by atoms with Crippen LogP contribution in [0.2, 0.25) is 0 Å². The zero-order valence-corrected chi connectivity index (χ0v) is 14.3. The molecule has 0 unspecified atom stereocenters. The van der Waals surface area contributed by atoms with Gasteiger partial charge in [-0.15, -0.1) is 0 Å². The fourth-order valence-corrected chi connectivity index (χ4v) is 2.91. The summed E-state index contributed by atoms with van der Waals surface area (Å²) in [6.07, 6.45) is 6.02. The highest BCUT2D eigenvalue weighted by Crippen LogP contribution is 2.20. The Bertz CT molecular complexity index is 625. The minimum atomic E-state index is -0.380. The number of nitro groups is 1. The fraction of sp³-hybridized carbons (Fsp3) is 0.500. The fourth-order valence-electron chi connectivity index (χ4n) is 2.69. The molecule has 1 fully saturated rings. The van der Waals surface area contributed by atoms with Crippen molar-refractivity contribution in [3.63, 3.8) is 0 Å². The second-order valence-electron chi connectivity index (χ2n) is 5.88. The normalized spacial score (nSPS) is 16.0. The Hall–Kier alpha value is -2.02. The number of rotatable bonds is 4. The third kappa shape index (κ3) is 4.99. The lowest BCUT2D eigenvalue weighted by Crippen LogP contribution is -2.41. The van der Waals surface area contributed by atoms with E-state index in [9.17, 15) is 10.1 Å². The summed E-state index contributed by atoms with van der Waals surface area (Å²) in [6, 6.07) is 5.50. The van der Waals surface area contributed by atoms with Crippen molar-refractivity contribution < 1.29 is 4.92 Å². The average Bonchev–Trinajstić information content (AvgIpc) is 2.53. The summed E-state index contributed by atoms with van der Waals surface area (Å²) in [5.74, 6) is 0. The molecule has 23 heavy (non-hydrogen) atoms. The van der Waals surface area contributed by atoms with Gasteiger partial charge in [0.25, 0.3) is 5.69 Å². The van der Waals surface area contributed by atoms with Gasteiger partial charge in [0.2, 0.25) is 0 Å². The molecule has 6 nitrogen and oxygen atoms in total. The van der Waals surface area contributed by atoms with Gasteiger partial charge in [-0.05, 0) is 38.9 Å². The van der Waals surface area contributed by atoms with Gasteiger partial charge in [-0.25, -0.2) is 0 Å². The molecule has 2 N–H and O–H groups in total. The second kappa shape index (κ2) is 8.01. The first kappa shape index (κ1) is 17.3. The number of hydrazone groups is 1. The molecular weight excluding hydrogens is 312 g/mol. The molecule has 0 aromatic heterocycles. The van der Waals surface area contributed by atoms with Crippen molar-refractivity contribution in [2.24, 2.45) is 5.10 Å². The van der Waals surface area contributed by atoms with Crippen molar-refractivity contribution in [1.29, 1.82) is 0 Å². The number of nitrogens with one attached hydrogen (secondary N) is 2. The van der Waals surface area contributed by atoms with Crippen LogP contribution in [0.4, 0.5) is 5.69 Å². The summed E-state index contributed by atoms with van der Waals surface area (Å²) in [6.45, 7) is 3.51. The lowest BCUT2D eigenvalue weighted by atomic mass is 9.96. The Kier molecular flexibility index (Phi) is 6.04. The highest BCUT2D eigenvalue weighted by atomic mass is 32.1. The maximum atomic E-state index is 11.0. The maximum Gasteiger partial charge on any atom is 0.272 e. The van der Waals surface area contributed by atoms with Crippen LogP contribution in [0.25, 0.3) is 0 Å². The van der Waals surface area contributed by atoms with E-state index in [2.05, 4.69) is 15.8 Å². The van der Waals surface area contributed by atoms with E-state index in [4.69, 9.17) is 12.2 Å². The molecule has 1 saturated carbocycles. The quantitative estimate of drug-likeness (QED) is 0.382. The van der Waals surface area contributed by atoms with E-state index >= 15 is 0 Å². The molecule has 1 aromatic carbocycles. The van der Waals surface area contributed by atoms with Crippen molar-refractivity contribution in [1.82, 2.24) is 10.7 Å². The van der Waals surface area contributed by atoms with E-state index in [-0.39, 0.29) is 10.6 Å². The smallest absolute Gasteiger partial charge is 0.272 e. The number of aryl methyl sites for hydroxylation is 1.